The van der Waals surface area contributed by atoms with Crippen LogP contribution in [0.25, 0.3) is 10.2 Å². The van der Waals surface area contributed by atoms with E-state index >= 15 is 0 Å². The summed E-state index contributed by atoms with van der Waals surface area (Å²) >= 11 is 3.00. The van der Waals surface area contributed by atoms with Crippen LogP contribution in [0.15, 0.2) is 9.95 Å². The van der Waals surface area contributed by atoms with Gasteiger partial charge in [-0.15, -0.1) is 11.3 Å². The van der Waals surface area contributed by atoms with Gasteiger partial charge < -0.3 is 9.88 Å². The van der Waals surface area contributed by atoms with Crippen LogP contribution in [0, 0.1) is 5.92 Å². The molecule has 2 aromatic rings. The second-order valence-electron chi connectivity index (χ2n) is 7.14. The van der Waals surface area contributed by atoms with Crippen LogP contribution in [0.3, 0.4) is 0 Å². The quantitative estimate of drug-likeness (QED) is 0.659. The second kappa shape index (κ2) is 7.11. The predicted octanol–water partition coefficient (Wildman–Crippen LogP) is 3.21. The van der Waals surface area contributed by atoms with Gasteiger partial charge in [-0.1, -0.05) is 18.7 Å². The minimum Gasteiger partial charge on any atom is -0.342 e. The molecule has 1 aliphatic heterocycles. The maximum Gasteiger partial charge on any atom is 0.260 e. The maximum atomic E-state index is 12.5. The lowest BCUT2D eigenvalue weighted by Crippen LogP contribution is -2.40. The number of hydrogen-bond acceptors (Lipinski definition) is 5. The summed E-state index contributed by atoms with van der Waals surface area (Å²) in [6, 6.07) is 0. The molecule has 0 spiro atoms. The van der Waals surface area contributed by atoms with E-state index in [1.165, 1.54) is 35.0 Å². The number of thiophene rings is 1. The molecular weight excluding hydrogens is 354 g/mol. The maximum absolute atomic E-state index is 12.5. The molecule has 7 heteroatoms. The number of thioether (sulfide) groups is 1. The predicted molar refractivity (Wildman–Crippen MR) is 103 cm³/mol. The van der Waals surface area contributed by atoms with Crippen molar-refractivity contribution < 1.29 is 4.79 Å². The highest BCUT2D eigenvalue weighted by Gasteiger charge is 2.22. The molecule has 1 N–H and O–H groups in total. The fraction of sp³-hybridized carbons (Fsp3) is 0.611. The zero-order valence-electron chi connectivity index (χ0n) is 14.5. The minimum absolute atomic E-state index is 0.0501. The highest BCUT2D eigenvalue weighted by molar-refractivity contribution is 7.99. The summed E-state index contributed by atoms with van der Waals surface area (Å²) in [6.45, 7) is 3.89. The van der Waals surface area contributed by atoms with Crippen molar-refractivity contribution in [3.63, 3.8) is 0 Å². The molecule has 134 valence electrons. The SMILES string of the molecule is CC1CCCN(C(=O)CSc2nc3sc4c(c3c(=O)[nH]2)CCCC4)C1. The van der Waals surface area contributed by atoms with E-state index in [1.807, 2.05) is 4.90 Å². The molecule has 0 aromatic carbocycles. The van der Waals surface area contributed by atoms with Crippen LogP contribution in [0.1, 0.15) is 43.0 Å². The van der Waals surface area contributed by atoms with Crippen LogP contribution >= 0.6 is 23.1 Å². The number of aryl methyl sites for hydroxylation is 2. The van der Waals surface area contributed by atoms with Crippen LogP contribution in [-0.4, -0.2) is 39.6 Å². The molecule has 25 heavy (non-hydrogen) atoms. The zero-order chi connectivity index (χ0) is 17.4. The first kappa shape index (κ1) is 17.1. The standard InChI is InChI=1S/C18H23N3O2S2/c1-11-5-4-8-21(9-11)14(22)10-24-18-19-16(23)15-12-6-2-3-7-13(12)25-17(15)20-18/h11H,2-10H2,1H3,(H,19,20,23). The fourth-order valence-corrected chi connectivity index (χ4v) is 5.93. The van der Waals surface area contributed by atoms with Gasteiger partial charge in [0.1, 0.15) is 4.83 Å². The van der Waals surface area contributed by atoms with E-state index in [0.717, 1.165) is 49.0 Å². The van der Waals surface area contributed by atoms with Crippen LogP contribution < -0.4 is 5.56 Å². The number of amides is 1. The number of carbonyl (C=O) groups is 1. The van der Waals surface area contributed by atoms with Gasteiger partial charge in [-0.25, -0.2) is 4.98 Å². The number of likely N-dealkylation sites (tertiary alicyclic amines) is 1. The van der Waals surface area contributed by atoms with Crippen molar-refractivity contribution in [3.05, 3.63) is 20.8 Å². The van der Waals surface area contributed by atoms with Crippen LogP contribution in [-0.2, 0) is 17.6 Å². The van der Waals surface area contributed by atoms with E-state index in [9.17, 15) is 9.59 Å². The summed E-state index contributed by atoms with van der Waals surface area (Å²) in [6.07, 6.45) is 6.67. The smallest absolute Gasteiger partial charge is 0.260 e. The molecule has 2 aromatic heterocycles. The Bertz CT molecular complexity index is 858. The summed E-state index contributed by atoms with van der Waals surface area (Å²) in [5, 5.41) is 1.34. The number of nitrogens with one attached hydrogen (secondary N) is 1. The summed E-state index contributed by atoms with van der Waals surface area (Å²) in [5.41, 5.74) is 1.15. The Morgan fingerprint density at radius 2 is 2.20 bits per heavy atom. The first-order valence-electron chi connectivity index (χ1n) is 9.07. The van der Waals surface area contributed by atoms with Crippen LogP contribution in [0.4, 0.5) is 0 Å². The van der Waals surface area contributed by atoms with E-state index in [0.29, 0.717) is 16.8 Å². The molecule has 0 bridgehead atoms. The van der Waals surface area contributed by atoms with Crippen molar-refractivity contribution in [2.75, 3.05) is 18.8 Å². The van der Waals surface area contributed by atoms with Gasteiger partial charge in [-0.05, 0) is 50.0 Å². The highest BCUT2D eigenvalue weighted by Crippen LogP contribution is 2.34. The van der Waals surface area contributed by atoms with Gasteiger partial charge >= 0.3 is 0 Å². The van der Waals surface area contributed by atoms with Crippen molar-refractivity contribution in [2.24, 2.45) is 5.92 Å². The number of carbonyl (C=O) groups excluding carboxylic acids is 1. The number of nitrogens with zero attached hydrogens (tertiary/aromatic N) is 2. The third-order valence-corrected chi connectivity index (χ3v) is 7.19. The number of rotatable bonds is 3. The first-order valence-corrected chi connectivity index (χ1v) is 10.9. The Balaban J connectivity index is 1.50. The van der Waals surface area contributed by atoms with E-state index in [-0.39, 0.29) is 11.5 Å². The number of aromatic nitrogens is 2. The number of fused-ring (bicyclic) bond motifs is 3. The van der Waals surface area contributed by atoms with E-state index < -0.39 is 0 Å². The lowest BCUT2D eigenvalue weighted by Gasteiger charge is -2.30. The molecule has 0 saturated carbocycles. The number of hydrogen-bond donors (Lipinski definition) is 1. The summed E-state index contributed by atoms with van der Waals surface area (Å²) in [4.78, 5) is 36.5. The van der Waals surface area contributed by atoms with Crippen LogP contribution in [0.5, 0.6) is 0 Å². The minimum atomic E-state index is -0.0501. The largest absolute Gasteiger partial charge is 0.342 e. The Morgan fingerprint density at radius 3 is 3.04 bits per heavy atom. The summed E-state index contributed by atoms with van der Waals surface area (Å²) < 4.78 is 0. The van der Waals surface area contributed by atoms with E-state index in [2.05, 4.69) is 16.9 Å². The van der Waals surface area contributed by atoms with Gasteiger partial charge in [0.2, 0.25) is 5.91 Å². The Labute approximate surface area is 155 Å². The molecule has 5 nitrogen and oxygen atoms in total. The highest BCUT2D eigenvalue weighted by atomic mass is 32.2. The number of piperidine rings is 1. The van der Waals surface area contributed by atoms with Crippen molar-refractivity contribution in [1.82, 2.24) is 14.9 Å². The first-order chi connectivity index (χ1) is 12.1. The van der Waals surface area contributed by atoms with Crippen molar-refractivity contribution in [2.45, 2.75) is 50.6 Å². The Kier molecular flexibility index (Phi) is 4.86. The normalized spacial score (nSPS) is 20.7. The molecule has 1 fully saturated rings. The molecule has 2 aliphatic rings. The summed E-state index contributed by atoms with van der Waals surface area (Å²) in [5.74, 6) is 1.06. The topological polar surface area (TPSA) is 66.1 Å². The van der Waals surface area contributed by atoms with Gasteiger partial charge in [0.15, 0.2) is 5.16 Å². The molecular formula is C18H23N3O2S2. The van der Waals surface area contributed by atoms with Gasteiger partial charge in [-0.3, -0.25) is 9.59 Å². The lowest BCUT2D eigenvalue weighted by molar-refractivity contribution is -0.130. The average Bonchev–Trinajstić information content (AvgIpc) is 2.98. The second-order valence-corrected chi connectivity index (χ2v) is 9.19. The van der Waals surface area contributed by atoms with Gasteiger partial charge in [-0.2, -0.15) is 0 Å². The third-order valence-electron chi connectivity index (χ3n) is 5.15. The fourth-order valence-electron chi connectivity index (χ4n) is 3.85. The average molecular weight is 378 g/mol. The van der Waals surface area contributed by atoms with Crippen molar-refractivity contribution in [3.8, 4) is 0 Å². The van der Waals surface area contributed by atoms with E-state index in [1.54, 1.807) is 11.3 Å². The third kappa shape index (κ3) is 3.49. The zero-order valence-corrected chi connectivity index (χ0v) is 16.1. The van der Waals surface area contributed by atoms with Gasteiger partial charge in [0, 0.05) is 18.0 Å². The van der Waals surface area contributed by atoms with Crippen LogP contribution in [0.2, 0.25) is 0 Å². The molecule has 1 saturated heterocycles. The van der Waals surface area contributed by atoms with Crippen molar-refractivity contribution in [1.29, 1.82) is 0 Å². The molecule has 1 amide bonds. The Hall–Kier alpha value is -1.34. The Morgan fingerprint density at radius 1 is 1.36 bits per heavy atom. The molecule has 4 rings (SSSR count). The van der Waals surface area contributed by atoms with Gasteiger partial charge in [0.05, 0.1) is 11.1 Å². The molecule has 0 radical (unpaired) electrons. The molecule has 1 aliphatic carbocycles. The van der Waals surface area contributed by atoms with Crippen molar-refractivity contribution >= 4 is 39.2 Å². The molecule has 1 unspecified atom stereocenters. The van der Waals surface area contributed by atoms with Gasteiger partial charge in [0.25, 0.3) is 5.56 Å². The lowest BCUT2D eigenvalue weighted by atomic mass is 9.97. The monoisotopic (exact) mass is 377 g/mol. The number of H-pyrrole nitrogens is 1. The number of aromatic amines is 1. The summed E-state index contributed by atoms with van der Waals surface area (Å²) in [7, 11) is 0. The molecule has 3 heterocycles. The molecule has 1 atom stereocenters. The van der Waals surface area contributed by atoms with E-state index in [4.69, 9.17) is 0 Å².